The molecule has 1 aromatic heterocycles. The third-order valence-electron chi connectivity index (χ3n) is 3.45. The molecule has 1 amide bonds. The number of anilines is 1. The summed E-state index contributed by atoms with van der Waals surface area (Å²) in [6, 6.07) is 12.2. The van der Waals surface area contributed by atoms with Crippen LogP contribution < -0.4 is 10.9 Å². The standard InChI is InChI=1S/C17H12N2O5/c1-10-5-6-15-11(7-10)8-14(17(21)24-15)16(20)18-12-3-2-4-13(9-12)19(22)23/h2-9H,1H3,(H,18,20). The second kappa shape index (κ2) is 5.96. The van der Waals surface area contributed by atoms with Crippen LogP contribution in [0.15, 0.2) is 57.7 Å². The smallest absolute Gasteiger partial charge is 0.349 e. The Morgan fingerprint density at radius 2 is 1.96 bits per heavy atom. The molecule has 0 aliphatic rings. The largest absolute Gasteiger partial charge is 0.422 e. The summed E-state index contributed by atoms with van der Waals surface area (Å²) in [5.74, 6) is -0.687. The van der Waals surface area contributed by atoms with Crippen LogP contribution in [-0.4, -0.2) is 10.8 Å². The van der Waals surface area contributed by atoms with E-state index in [0.29, 0.717) is 11.0 Å². The molecule has 0 bridgehead atoms. The normalized spacial score (nSPS) is 10.5. The second-order valence-corrected chi connectivity index (χ2v) is 5.25. The molecule has 0 unspecified atom stereocenters. The third-order valence-corrected chi connectivity index (χ3v) is 3.45. The van der Waals surface area contributed by atoms with Crippen LogP contribution in [0.3, 0.4) is 0 Å². The first kappa shape index (κ1) is 15.4. The summed E-state index contributed by atoms with van der Waals surface area (Å²) in [4.78, 5) is 34.5. The Morgan fingerprint density at radius 1 is 1.17 bits per heavy atom. The van der Waals surface area contributed by atoms with Gasteiger partial charge in [0.25, 0.3) is 11.6 Å². The Labute approximate surface area is 135 Å². The zero-order chi connectivity index (χ0) is 17.3. The Kier molecular flexibility index (Phi) is 3.83. The number of non-ortho nitro benzene ring substituents is 1. The van der Waals surface area contributed by atoms with Gasteiger partial charge in [-0.1, -0.05) is 17.7 Å². The van der Waals surface area contributed by atoms with Gasteiger partial charge in [-0.25, -0.2) is 4.79 Å². The molecule has 120 valence electrons. The van der Waals surface area contributed by atoms with Crippen molar-refractivity contribution < 1.29 is 14.1 Å². The lowest BCUT2D eigenvalue weighted by atomic mass is 10.1. The van der Waals surface area contributed by atoms with Crippen molar-refractivity contribution in [2.75, 3.05) is 5.32 Å². The molecular formula is C17H12N2O5. The summed E-state index contributed by atoms with van der Waals surface area (Å²) in [5, 5.41) is 13.9. The fourth-order valence-corrected chi connectivity index (χ4v) is 2.30. The average Bonchev–Trinajstić information content (AvgIpc) is 2.54. The van der Waals surface area contributed by atoms with Crippen molar-refractivity contribution in [3.8, 4) is 0 Å². The first-order valence-electron chi connectivity index (χ1n) is 7.04. The summed E-state index contributed by atoms with van der Waals surface area (Å²) < 4.78 is 5.14. The van der Waals surface area contributed by atoms with Crippen molar-refractivity contribution in [1.29, 1.82) is 0 Å². The van der Waals surface area contributed by atoms with Crippen molar-refractivity contribution >= 4 is 28.3 Å². The minimum Gasteiger partial charge on any atom is -0.422 e. The van der Waals surface area contributed by atoms with Gasteiger partial charge in [-0.3, -0.25) is 14.9 Å². The highest BCUT2D eigenvalue weighted by Gasteiger charge is 2.15. The van der Waals surface area contributed by atoms with Crippen LogP contribution in [0.1, 0.15) is 15.9 Å². The van der Waals surface area contributed by atoms with Gasteiger partial charge in [-0.2, -0.15) is 0 Å². The number of nitrogens with zero attached hydrogens (tertiary/aromatic N) is 1. The average molecular weight is 324 g/mol. The predicted molar refractivity (Wildman–Crippen MR) is 88.3 cm³/mol. The topological polar surface area (TPSA) is 102 Å². The zero-order valence-corrected chi connectivity index (χ0v) is 12.6. The van der Waals surface area contributed by atoms with Gasteiger partial charge in [0, 0.05) is 23.2 Å². The predicted octanol–water partition coefficient (Wildman–Crippen LogP) is 3.26. The van der Waals surface area contributed by atoms with E-state index < -0.39 is 16.5 Å². The van der Waals surface area contributed by atoms with E-state index in [1.807, 2.05) is 6.92 Å². The van der Waals surface area contributed by atoms with Crippen molar-refractivity contribution in [2.45, 2.75) is 6.92 Å². The molecule has 0 aliphatic heterocycles. The van der Waals surface area contributed by atoms with E-state index in [4.69, 9.17) is 4.42 Å². The molecule has 0 atom stereocenters. The fraction of sp³-hybridized carbons (Fsp3) is 0.0588. The molecule has 3 rings (SSSR count). The monoisotopic (exact) mass is 324 g/mol. The maximum atomic E-state index is 12.3. The SMILES string of the molecule is Cc1ccc2oc(=O)c(C(=O)Nc3cccc([N+](=O)[O-])c3)cc2c1. The number of carbonyl (C=O) groups is 1. The number of fused-ring (bicyclic) bond motifs is 1. The Hall–Kier alpha value is -3.48. The number of benzene rings is 2. The number of nitrogens with one attached hydrogen (secondary N) is 1. The summed E-state index contributed by atoms with van der Waals surface area (Å²) >= 11 is 0. The van der Waals surface area contributed by atoms with E-state index >= 15 is 0 Å². The quantitative estimate of drug-likeness (QED) is 0.452. The molecule has 3 aromatic rings. The highest BCUT2D eigenvalue weighted by atomic mass is 16.6. The summed E-state index contributed by atoms with van der Waals surface area (Å²) in [5.41, 5.74) is 0.472. The number of nitro groups is 1. The van der Waals surface area contributed by atoms with Crippen molar-refractivity contribution in [2.24, 2.45) is 0 Å². The molecular weight excluding hydrogens is 312 g/mol. The lowest BCUT2D eigenvalue weighted by Gasteiger charge is -2.05. The van der Waals surface area contributed by atoms with Crippen LogP contribution >= 0.6 is 0 Å². The zero-order valence-electron chi connectivity index (χ0n) is 12.6. The third kappa shape index (κ3) is 3.00. The number of hydrogen-bond acceptors (Lipinski definition) is 5. The molecule has 1 N–H and O–H groups in total. The van der Waals surface area contributed by atoms with Crippen molar-refractivity contribution in [3.63, 3.8) is 0 Å². The van der Waals surface area contributed by atoms with Crippen molar-refractivity contribution in [1.82, 2.24) is 0 Å². The van der Waals surface area contributed by atoms with Crippen LogP contribution in [0, 0.1) is 17.0 Å². The molecule has 2 aromatic carbocycles. The Morgan fingerprint density at radius 3 is 2.71 bits per heavy atom. The van der Waals surface area contributed by atoms with E-state index in [1.165, 1.54) is 30.3 Å². The highest BCUT2D eigenvalue weighted by molar-refractivity contribution is 6.05. The lowest BCUT2D eigenvalue weighted by Crippen LogP contribution is -2.20. The molecule has 24 heavy (non-hydrogen) atoms. The Bertz CT molecular complexity index is 1020. The molecule has 0 saturated heterocycles. The van der Waals surface area contributed by atoms with Crippen LogP contribution in [0.4, 0.5) is 11.4 Å². The highest BCUT2D eigenvalue weighted by Crippen LogP contribution is 2.19. The summed E-state index contributed by atoms with van der Waals surface area (Å²) in [6.07, 6.45) is 0. The molecule has 0 aliphatic carbocycles. The van der Waals surface area contributed by atoms with Crippen LogP contribution in [0.2, 0.25) is 0 Å². The van der Waals surface area contributed by atoms with E-state index in [0.717, 1.165) is 5.56 Å². The lowest BCUT2D eigenvalue weighted by molar-refractivity contribution is -0.384. The Balaban J connectivity index is 1.96. The number of rotatable bonds is 3. The van der Waals surface area contributed by atoms with Crippen LogP contribution in [0.25, 0.3) is 11.0 Å². The van der Waals surface area contributed by atoms with E-state index in [-0.39, 0.29) is 16.9 Å². The minimum atomic E-state index is -0.769. The number of nitro benzene ring substituents is 1. The minimum absolute atomic E-state index is 0.158. The molecule has 0 spiro atoms. The van der Waals surface area contributed by atoms with Gasteiger partial charge >= 0.3 is 5.63 Å². The molecule has 7 nitrogen and oxygen atoms in total. The van der Waals surface area contributed by atoms with E-state index in [9.17, 15) is 19.7 Å². The molecule has 7 heteroatoms. The van der Waals surface area contributed by atoms with Gasteiger partial charge in [0.2, 0.25) is 0 Å². The van der Waals surface area contributed by atoms with Crippen LogP contribution in [-0.2, 0) is 0 Å². The van der Waals surface area contributed by atoms with Crippen molar-refractivity contribution in [3.05, 3.63) is 80.2 Å². The molecule has 0 saturated carbocycles. The maximum absolute atomic E-state index is 12.3. The fourth-order valence-electron chi connectivity index (χ4n) is 2.30. The van der Waals surface area contributed by atoms with Gasteiger partial charge in [-0.15, -0.1) is 0 Å². The first-order chi connectivity index (χ1) is 11.4. The molecule has 0 fully saturated rings. The number of hydrogen-bond donors (Lipinski definition) is 1. The summed E-state index contributed by atoms with van der Waals surface area (Å²) in [6.45, 7) is 1.88. The van der Waals surface area contributed by atoms with E-state index in [2.05, 4.69) is 5.32 Å². The van der Waals surface area contributed by atoms with Crippen LogP contribution in [0.5, 0.6) is 0 Å². The molecule has 0 radical (unpaired) electrons. The first-order valence-corrected chi connectivity index (χ1v) is 7.04. The van der Waals surface area contributed by atoms with Gasteiger partial charge < -0.3 is 9.73 Å². The second-order valence-electron chi connectivity index (χ2n) is 5.25. The van der Waals surface area contributed by atoms with E-state index in [1.54, 1.807) is 18.2 Å². The van der Waals surface area contributed by atoms with Gasteiger partial charge in [-0.05, 0) is 31.2 Å². The van der Waals surface area contributed by atoms with Gasteiger partial charge in [0.05, 0.1) is 4.92 Å². The number of carbonyl (C=O) groups excluding carboxylic acids is 1. The maximum Gasteiger partial charge on any atom is 0.349 e. The number of aryl methyl sites for hydroxylation is 1. The van der Waals surface area contributed by atoms with Gasteiger partial charge in [0.15, 0.2) is 0 Å². The number of amides is 1. The summed E-state index contributed by atoms with van der Waals surface area (Å²) in [7, 11) is 0. The molecule has 1 heterocycles. The van der Waals surface area contributed by atoms with Gasteiger partial charge in [0.1, 0.15) is 11.1 Å².